The topological polar surface area (TPSA) is 214 Å². The van der Waals surface area contributed by atoms with Gasteiger partial charge in [0.1, 0.15) is 54.9 Å². The first-order chi connectivity index (χ1) is 33.1. The second-order valence-corrected chi connectivity index (χ2v) is 17.6. The van der Waals surface area contributed by atoms with Crippen molar-refractivity contribution in [2.45, 2.75) is 216 Å². The molecule has 0 aromatic carbocycles. The van der Waals surface area contributed by atoms with Crippen molar-refractivity contribution >= 4 is 5.97 Å². The van der Waals surface area contributed by atoms with Crippen LogP contribution in [0.25, 0.3) is 0 Å². The van der Waals surface area contributed by atoms with Gasteiger partial charge in [-0.2, -0.15) is 0 Å². The van der Waals surface area contributed by atoms with E-state index in [-0.39, 0.29) is 19.6 Å². The molecule has 0 radical (unpaired) electrons. The monoisotopic (exact) mass is 963 g/mol. The van der Waals surface area contributed by atoms with Crippen LogP contribution in [0.1, 0.15) is 149 Å². The fourth-order valence-electron chi connectivity index (χ4n) is 7.46. The van der Waals surface area contributed by atoms with Crippen LogP contribution in [-0.4, -0.2) is 142 Å². The van der Waals surface area contributed by atoms with Gasteiger partial charge < -0.3 is 64.2 Å². The van der Waals surface area contributed by atoms with Crippen molar-refractivity contribution in [3.05, 3.63) is 85.1 Å². The molecule has 14 heteroatoms. The van der Waals surface area contributed by atoms with E-state index in [2.05, 4.69) is 98.9 Å². The Balaban J connectivity index is 1.78. The zero-order valence-electron chi connectivity index (χ0n) is 41.3. The maximum Gasteiger partial charge on any atom is 0.306 e. The van der Waals surface area contributed by atoms with Crippen LogP contribution in [0.15, 0.2) is 85.1 Å². The fraction of sp³-hybridized carbons (Fsp3) is 0.722. The zero-order valence-corrected chi connectivity index (χ0v) is 41.3. The van der Waals surface area contributed by atoms with Crippen LogP contribution >= 0.6 is 0 Å². The molecule has 2 aliphatic heterocycles. The van der Waals surface area contributed by atoms with Gasteiger partial charge >= 0.3 is 5.97 Å². The van der Waals surface area contributed by atoms with Gasteiger partial charge in [0.15, 0.2) is 12.6 Å². The minimum absolute atomic E-state index is 0.0303. The van der Waals surface area contributed by atoms with Crippen LogP contribution < -0.4 is 0 Å². The van der Waals surface area contributed by atoms with E-state index in [1.807, 2.05) is 0 Å². The third-order valence-electron chi connectivity index (χ3n) is 11.6. The molecule has 11 unspecified atom stereocenters. The van der Waals surface area contributed by atoms with Gasteiger partial charge in [-0.15, -0.1) is 0 Å². The number of aliphatic hydroxyl groups is 7. The Kier molecular flexibility index (Phi) is 36.8. The van der Waals surface area contributed by atoms with E-state index >= 15 is 0 Å². The summed E-state index contributed by atoms with van der Waals surface area (Å²) in [6.45, 7) is 3.42. The summed E-state index contributed by atoms with van der Waals surface area (Å²) in [5, 5.41) is 72.1. The summed E-state index contributed by atoms with van der Waals surface area (Å²) in [6.07, 6.45) is 35.1. The maximum absolute atomic E-state index is 13.0. The normalized spacial score (nSPS) is 26.6. The molecule has 2 rings (SSSR count). The molecule has 0 aromatic rings. The minimum atomic E-state index is -1.72. The molecule has 2 heterocycles. The molecular weight excluding hydrogens is 873 g/mol. The van der Waals surface area contributed by atoms with E-state index in [1.165, 1.54) is 19.3 Å². The molecule has 11 atom stereocenters. The molecule has 7 N–H and O–H groups in total. The number of rotatable bonds is 39. The Bertz CT molecular complexity index is 1440. The van der Waals surface area contributed by atoms with Crippen molar-refractivity contribution < 1.29 is 69.0 Å². The highest BCUT2D eigenvalue weighted by atomic mass is 16.7. The number of hydrogen-bond acceptors (Lipinski definition) is 14. The van der Waals surface area contributed by atoms with Gasteiger partial charge in [-0.3, -0.25) is 4.79 Å². The Morgan fingerprint density at radius 2 is 0.956 bits per heavy atom. The molecule has 0 saturated carbocycles. The van der Waals surface area contributed by atoms with Crippen molar-refractivity contribution in [1.82, 2.24) is 0 Å². The molecule has 0 aromatic heterocycles. The van der Waals surface area contributed by atoms with Gasteiger partial charge in [0.25, 0.3) is 0 Å². The maximum atomic E-state index is 13.0. The summed E-state index contributed by atoms with van der Waals surface area (Å²) in [7, 11) is 0. The van der Waals surface area contributed by atoms with E-state index < -0.39 is 86.7 Å². The largest absolute Gasteiger partial charge is 0.457 e. The number of hydrogen-bond donors (Lipinski definition) is 7. The molecule has 2 fully saturated rings. The average molecular weight is 963 g/mol. The highest BCUT2D eigenvalue weighted by Crippen LogP contribution is 2.26. The molecule has 0 spiro atoms. The van der Waals surface area contributed by atoms with Gasteiger partial charge in [0.2, 0.25) is 0 Å². The number of carbonyl (C=O) groups excluding carboxylic acids is 1. The summed E-state index contributed by atoms with van der Waals surface area (Å²) in [4.78, 5) is 13.0. The average Bonchev–Trinajstić information content (AvgIpc) is 3.33. The first kappa shape index (κ1) is 61.3. The van der Waals surface area contributed by atoms with Crippen LogP contribution in [0.5, 0.6) is 0 Å². The summed E-state index contributed by atoms with van der Waals surface area (Å²) >= 11 is 0. The van der Waals surface area contributed by atoms with Crippen molar-refractivity contribution in [1.29, 1.82) is 0 Å². The van der Waals surface area contributed by atoms with Crippen molar-refractivity contribution in [2.24, 2.45) is 0 Å². The third kappa shape index (κ3) is 28.1. The second-order valence-electron chi connectivity index (χ2n) is 17.6. The van der Waals surface area contributed by atoms with Crippen molar-refractivity contribution in [2.75, 3.05) is 33.0 Å². The quantitative estimate of drug-likeness (QED) is 0.0179. The first-order valence-corrected chi connectivity index (χ1v) is 25.7. The van der Waals surface area contributed by atoms with Crippen LogP contribution in [0, 0.1) is 0 Å². The van der Waals surface area contributed by atoms with Gasteiger partial charge in [-0.25, -0.2) is 0 Å². The summed E-state index contributed by atoms with van der Waals surface area (Å²) < 4.78 is 34.2. The van der Waals surface area contributed by atoms with Crippen LogP contribution in [0.4, 0.5) is 0 Å². The standard InChI is InChI=1S/C54H90O14/c1-3-5-7-9-11-13-15-17-18-19-20-21-22-23-24-25-26-28-30-32-34-36-38-63-40-43(66-46(56)37-35-33-31-29-27-16-14-12-10-8-6-4-2)41-64-53-52(62)50(60)48(58)45(68-53)42-65-54-51(61)49(59)47(57)44(39-55)67-54/h5,7,11-14,17-18,20-21,23-24,26,28,43-45,47-55,57-62H,3-4,6,8-10,15-16,19,22,25,27,29-42H2,1-2H3/b7-5-,13-11-,14-12-,18-17-,21-20-,24-23-,28-26-. The Hall–Kier alpha value is -2.83. The molecule has 2 aliphatic rings. The van der Waals surface area contributed by atoms with Crippen molar-refractivity contribution in [3.8, 4) is 0 Å². The molecule has 390 valence electrons. The number of aliphatic hydroxyl groups excluding tert-OH is 7. The number of allylic oxidation sites excluding steroid dienone is 14. The lowest BCUT2D eigenvalue weighted by Crippen LogP contribution is -2.61. The number of carbonyl (C=O) groups is 1. The van der Waals surface area contributed by atoms with E-state index in [4.69, 9.17) is 28.4 Å². The zero-order chi connectivity index (χ0) is 49.5. The third-order valence-corrected chi connectivity index (χ3v) is 11.6. The Morgan fingerprint density at radius 1 is 0.500 bits per heavy atom. The predicted octanol–water partition coefficient (Wildman–Crippen LogP) is 7.68. The SMILES string of the molecule is CC/C=C\C/C=C\C/C=C\C/C=C\C/C=C\C/C=C\CCCCCOCC(COC1OC(COC2OC(CO)C(O)C(O)C2O)C(O)C(O)C1O)OC(=O)CCCCCCC/C=C\CCCCC. The van der Waals surface area contributed by atoms with Crippen LogP contribution in [-0.2, 0) is 33.2 Å². The minimum Gasteiger partial charge on any atom is -0.457 e. The van der Waals surface area contributed by atoms with E-state index in [0.29, 0.717) is 13.0 Å². The lowest BCUT2D eigenvalue weighted by atomic mass is 9.98. The molecule has 0 bridgehead atoms. The van der Waals surface area contributed by atoms with Gasteiger partial charge in [0.05, 0.1) is 26.4 Å². The Labute approximate surface area is 408 Å². The molecule has 0 aliphatic carbocycles. The second kappa shape index (κ2) is 40.9. The summed E-state index contributed by atoms with van der Waals surface area (Å²) in [5.74, 6) is -0.403. The Morgan fingerprint density at radius 3 is 1.51 bits per heavy atom. The van der Waals surface area contributed by atoms with Gasteiger partial charge in [-0.1, -0.05) is 137 Å². The molecular formula is C54H90O14. The molecule has 0 amide bonds. The van der Waals surface area contributed by atoms with E-state index in [1.54, 1.807) is 0 Å². The van der Waals surface area contributed by atoms with E-state index in [9.17, 15) is 40.5 Å². The van der Waals surface area contributed by atoms with Gasteiger partial charge in [-0.05, 0) is 89.9 Å². The highest BCUT2D eigenvalue weighted by molar-refractivity contribution is 5.69. The summed E-state index contributed by atoms with van der Waals surface area (Å²) in [6, 6.07) is 0. The van der Waals surface area contributed by atoms with Gasteiger partial charge in [0, 0.05) is 13.0 Å². The number of ether oxygens (including phenoxy) is 6. The lowest BCUT2D eigenvalue weighted by Gasteiger charge is -2.42. The number of unbranched alkanes of at least 4 members (excludes halogenated alkanes) is 11. The fourth-order valence-corrected chi connectivity index (χ4v) is 7.46. The molecule has 68 heavy (non-hydrogen) atoms. The first-order valence-electron chi connectivity index (χ1n) is 25.7. The predicted molar refractivity (Wildman–Crippen MR) is 265 cm³/mol. The highest BCUT2D eigenvalue weighted by Gasteiger charge is 2.47. The number of esters is 1. The van der Waals surface area contributed by atoms with Crippen LogP contribution in [0.2, 0.25) is 0 Å². The van der Waals surface area contributed by atoms with E-state index in [0.717, 1.165) is 103 Å². The molecule has 14 nitrogen and oxygen atoms in total. The van der Waals surface area contributed by atoms with Crippen molar-refractivity contribution in [3.63, 3.8) is 0 Å². The molecule has 2 saturated heterocycles. The lowest BCUT2D eigenvalue weighted by molar-refractivity contribution is -0.332. The smallest absolute Gasteiger partial charge is 0.306 e. The summed E-state index contributed by atoms with van der Waals surface area (Å²) in [5.41, 5.74) is 0. The van der Waals surface area contributed by atoms with Crippen LogP contribution in [0.3, 0.4) is 0 Å².